The van der Waals surface area contributed by atoms with E-state index in [-0.39, 0.29) is 36.2 Å². The van der Waals surface area contributed by atoms with Crippen molar-refractivity contribution in [1.29, 1.82) is 0 Å². The number of benzene rings is 1. The summed E-state index contributed by atoms with van der Waals surface area (Å²) in [6.07, 6.45) is 5.25. The fourth-order valence-electron chi connectivity index (χ4n) is 4.70. The first-order valence-electron chi connectivity index (χ1n) is 9.99. The number of para-hydroxylation sites is 1. The minimum Gasteiger partial charge on any atom is -0.339 e. The van der Waals surface area contributed by atoms with Crippen molar-refractivity contribution in [3.63, 3.8) is 0 Å². The van der Waals surface area contributed by atoms with E-state index in [1.165, 1.54) is 6.42 Å². The highest BCUT2D eigenvalue weighted by Crippen LogP contribution is 2.42. The van der Waals surface area contributed by atoms with Gasteiger partial charge in [-0.05, 0) is 63.5 Å². The Kier molecular flexibility index (Phi) is 7.68. The molecule has 0 aromatic heterocycles. The number of fused-ring (bicyclic) bond motifs is 2. The largest absolute Gasteiger partial charge is 0.339 e. The lowest BCUT2D eigenvalue weighted by Crippen LogP contribution is -2.48. The van der Waals surface area contributed by atoms with Crippen LogP contribution >= 0.6 is 12.4 Å². The van der Waals surface area contributed by atoms with E-state index >= 15 is 0 Å². The number of rotatable bonds is 5. The van der Waals surface area contributed by atoms with Crippen LogP contribution in [0.2, 0.25) is 0 Å². The Morgan fingerprint density at radius 1 is 1.11 bits per heavy atom. The molecule has 1 aromatic rings. The Morgan fingerprint density at radius 3 is 2.30 bits per heavy atom. The van der Waals surface area contributed by atoms with Crippen LogP contribution in [0.5, 0.6) is 0 Å². The molecule has 2 aliphatic carbocycles. The molecule has 2 bridgehead atoms. The molecule has 2 aliphatic rings. The number of hydrogen-bond donors (Lipinski definition) is 2. The van der Waals surface area contributed by atoms with Crippen LogP contribution in [0, 0.1) is 17.8 Å². The molecule has 2 saturated carbocycles. The van der Waals surface area contributed by atoms with Crippen molar-refractivity contribution >= 4 is 29.9 Å². The normalized spacial score (nSPS) is 26.6. The highest BCUT2D eigenvalue weighted by Gasteiger charge is 2.40. The Balaban J connectivity index is 0.00000261. The zero-order valence-electron chi connectivity index (χ0n) is 16.3. The van der Waals surface area contributed by atoms with Gasteiger partial charge >= 0.3 is 0 Å². The summed E-state index contributed by atoms with van der Waals surface area (Å²) in [7, 11) is 0. The van der Waals surface area contributed by atoms with Crippen molar-refractivity contribution in [2.45, 2.75) is 52.0 Å². The molecule has 150 valence electrons. The predicted molar refractivity (Wildman–Crippen MR) is 111 cm³/mol. The van der Waals surface area contributed by atoms with E-state index in [2.05, 4.69) is 5.32 Å². The lowest BCUT2D eigenvalue weighted by atomic mass is 9.65. The fraction of sp³-hybridized carbons (Fsp3) is 0.619. The third-order valence-corrected chi connectivity index (χ3v) is 6.25. The van der Waals surface area contributed by atoms with Crippen molar-refractivity contribution < 1.29 is 9.59 Å². The lowest BCUT2D eigenvalue weighted by Gasteiger charge is -2.43. The second kappa shape index (κ2) is 9.56. The van der Waals surface area contributed by atoms with E-state index in [0.717, 1.165) is 25.7 Å². The molecule has 0 saturated heterocycles. The van der Waals surface area contributed by atoms with E-state index in [4.69, 9.17) is 5.73 Å². The van der Waals surface area contributed by atoms with E-state index in [9.17, 15) is 9.59 Å². The van der Waals surface area contributed by atoms with Gasteiger partial charge in [-0.15, -0.1) is 12.4 Å². The molecule has 27 heavy (non-hydrogen) atoms. The summed E-state index contributed by atoms with van der Waals surface area (Å²) in [5.41, 5.74) is 7.53. The first-order chi connectivity index (χ1) is 12.5. The second-order valence-electron chi connectivity index (χ2n) is 7.71. The minimum absolute atomic E-state index is 0. The summed E-state index contributed by atoms with van der Waals surface area (Å²) >= 11 is 0. The second-order valence-corrected chi connectivity index (χ2v) is 7.71. The van der Waals surface area contributed by atoms with Gasteiger partial charge in [-0.3, -0.25) is 9.59 Å². The Bertz CT molecular complexity index is 649. The van der Waals surface area contributed by atoms with Crippen LogP contribution < -0.4 is 11.1 Å². The van der Waals surface area contributed by atoms with Crippen molar-refractivity contribution in [3.8, 4) is 0 Å². The quantitative estimate of drug-likeness (QED) is 0.801. The zero-order valence-corrected chi connectivity index (χ0v) is 17.1. The number of amides is 2. The van der Waals surface area contributed by atoms with Crippen molar-refractivity contribution in [3.05, 3.63) is 29.8 Å². The molecule has 2 unspecified atom stereocenters. The molecule has 2 fully saturated rings. The van der Waals surface area contributed by atoms with Crippen LogP contribution in [-0.4, -0.2) is 35.8 Å². The maximum absolute atomic E-state index is 12.9. The highest BCUT2D eigenvalue weighted by atomic mass is 35.5. The highest BCUT2D eigenvalue weighted by molar-refractivity contribution is 6.04. The van der Waals surface area contributed by atoms with Crippen molar-refractivity contribution in [1.82, 2.24) is 4.90 Å². The molecule has 3 rings (SSSR count). The summed E-state index contributed by atoms with van der Waals surface area (Å²) in [5.74, 6) is 0.931. The van der Waals surface area contributed by atoms with Gasteiger partial charge < -0.3 is 16.0 Å². The molecule has 6 heteroatoms. The number of carbonyl (C=O) groups excluding carboxylic acids is 2. The van der Waals surface area contributed by atoms with Crippen LogP contribution in [-0.2, 0) is 4.79 Å². The summed E-state index contributed by atoms with van der Waals surface area (Å²) in [4.78, 5) is 27.4. The monoisotopic (exact) mass is 393 g/mol. The summed E-state index contributed by atoms with van der Waals surface area (Å²) in [5, 5.41) is 3.04. The smallest absolute Gasteiger partial charge is 0.255 e. The zero-order chi connectivity index (χ0) is 18.7. The first-order valence-corrected chi connectivity index (χ1v) is 9.99. The fourth-order valence-corrected chi connectivity index (χ4v) is 4.70. The number of nitrogens with one attached hydrogen (secondary N) is 1. The van der Waals surface area contributed by atoms with E-state index < -0.39 is 0 Å². The SMILES string of the molecule is CCN(CC)C(=O)c1ccccc1NC(=O)C1CC2CCCC(C1)C2N.Cl. The molecule has 3 N–H and O–H groups in total. The third-order valence-electron chi connectivity index (χ3n) is 6.25. The summed E-state index contributed by atoms with van der Waals surface area (Å²) < 4.78 is 0. The first kappa shape index (κ1) is 21.7. The molecule has 2 amide bonds. The summed E-state index contributed by atoms with van der Waals surface area (Å²) in [6, 6.07) is 7.58. The van der Waals surface area contributed by atoms with E-state index in [0.29, 0.717) is 36.2 Å². The van der Waals surface area contributed by atoms with Crippen LogP contribution in [0.1, 0.15) is 56.3 Å². The molecule has 2 atom stereocenters. The molecule has 0 radical (unpaired) electrons. The van der Waals surface area contributed by atoms with Gasteiger partial charge in [-0.25, -0.2) is 0 Å². The lowest BCUT2D eigenvalue weighted by molar-refractivity contribution is -0.122. The standard InChI is InChI=1S/C21H31N3O2.ClH/c1-3-24(4-2)21(26)17-10-5-6-11-18(17)23-20(25)16-12-14-8-7-9-15(13-16)19(14)22;/h5-6,10-11,14-16,19H,3-4,7-9,12-13,22H2,1-2H3,(H,23,25);1H. The molecule has 5 nitrogen and oxygen atoms in total. The number of hydrogen-bond acceptors (Lipinski definition) is 3. The van der Waals surface area contributed by atoms with Crippen molar-refractivity contribution in [2.75, 3.05) is 18.4 Å². The van der Waals surface area contributed by atoms with Gasteiger partial charge in [-0.2, -0.15) is 0 Å². The average molecular weight is 394 g/mol. The van der Waals surface area contributed by atoms with Gasteiger partial charge in [-0.1, -0.05) is 18.6 Å². The molecule has 0 heterocycles. The Morgan fingerprint density at radius 2 is 1.70 bits per heavy atom. The third kappa shape index (κ3) is 4.64. The number of halogens is 1. The number of nitrogens with two attached hydrogens (primary N) is 1. The Hall–Kier alpha value is -1.59. The molecular weight excluding hydrogens is 362 g/mol. The molecule has 1 aromatic carbocycles. The topological polar surface area (TPSA) is 75.4 Å². The number of nitrogens with zero attached hydrogens (tertiary/aromatic N) is 1. The average Bonchev–Trinajstić information content (AvgIpc) is 2.62. The minimum atomic E-state index is -0.0339. The number of carbonyl (C=O) groups is 2. The summed E-state index contributed by atoms with van der Waals surface area (Å²) in [6.45, 7) is 5.24. The van der Waals surface area contributed by atoms with Crippen LogP contribution in [0.25, 0.3) is 0 Å². The molecular formula is C21H32ClN3O2. The van der Waals surface area contributed by atoms with Gasteiger partial charge in [0, 0.05) is 25.0 Å². The van der Waals surface area contributed by atoms with Gasteiger partial charge in [0.1, 0.15) is 0 Å². The van der Waals surface area contributed by atoms with E-state index in [1.54, 1.807) is 11.0 Å². The molecule has 0 spiro atoms. The maximum atomic E-state index is 12.9. The van der Waals surface area contributed by atoms with Gasteiger partial charge in [0.15, 0.2) is 0 Å². The maximum Gasteiger partial charge on any atom is 0.255 e. The van der Waals surface area contributed by atoms with Gasteiger partial charge in [0.05, 0.1) is 11.3 Å². The van der Waals surface area contributed by atoms with Gasteiger partial charge in [0.2, 0.25) is 5.91 Å². The molecule has 0 aliphatic heterocycles. The van der Waals surface area contributed by atoms with Crippen LogP contribution in [0.15, 0.2) is 24.3 Å². The van der Waals surface area contributed by atoms with Crippen molar-refractivity contribution in [2.24, 2.45) is 23.5 Å². The van der Waals surface area contributed by atoms with Crippen LogP contribution in [0.3, 0.4) is 0 Å². The predicted octanol–water partition coefficient (Wildman–Crippen LogP) is 3.68. The van der Waals surface area contributed by atoms with Crippen LogP contribution in [0.4, 0.5) is 5.69 Å². The number of anilines is 1. The van der Waals surface area contributed by atoms with Gasteiger partial charge in [0.25, 0.3) is 5.91 Å². The Labute approximate surface area is 168 Å². The van der Waals surface area contributed by atoms with E-state index in [1.807, 2.05) is 32.0 Å².